The van der Waals surface area contributed by atoms with Crippen molar-refractivity contribution in [2.45, 2.75) is 25.6 Å². The lowest BCUT2D eigenvalue weighted by Gasteiger charge is -2.03. The summed E-state index contributed by atoms with van der Waals surface area (Å²) in [6.07, 6.45) is 0.261. The van der Waals surface area contributed by atoms with Crippen LogP contribution in [0.4, 0.5) is 13.2 Å². The lowest BCUT2D eigenvalue weighted by molar-refractivity contribution is -0.753. The molecule has 0 bridgehead atoms. The molecule has 2 N–H and O–H groups in total. The average molecular weight is 420 g/mol. The number of rotatable bonds is 7. The molecule has 0 atom stereocenters. The molecule has 2 rings (SSSR count). The number of aryl methyl sites for hydroxylation is 1. The van der Waals surface area contributed by atoms with E-state index in [1.807, 2.05) is 5.38 Å². The first-order valence-electron chi connectivity index (χ1n) is 7.62. The molecule has 2 aromatic rings. The number of hydrogen-bond donors (Lipinski definition) is 2. The molecule has 0 spiro atoms. The molecule has 0 aliphatic heterocycles. The molecule has 0 saturated heterocycles. The summed E-state index contributed by atoms with van der Waals surface area (Å²) < 4.78 is 33.0. The van der Waals surface area contributed by atoms with Crippen LogP contribution >= 0.6 is 11.3 Å². The van der Waals surface area contributed by atoms with E-state index in [1.54, 1.807) is 29.8 Å². The molecule has 2 aromatic heterocycles. The van der Waals surface area contributed by atoms with E-state index in [-0.39, 0.29) is 18.9 Å². The Morgan fingerprint density at radius 1 is 1.32 bits per heavy atom. The van der Waals surface area contributed by atoms with Crippen molar-refractivity contribution in [2.75, 3.05) is 6.54 Å². The van der Waals surface area contributed by atoms with Crippen molar-refractivity contribution in [3.8, 4) is 0 Å². The van der Waals surface area contributed by atoms with Gasteiger partial charge in [-0.05, 0) is 5.10 Å². The second-order valence-corrected chi connectivity index (χ2v) is 6.02. The number of thiazole rings is 1. The number of alkyl halides is 3. The standard InChI is InChI=1S/C13H14N4O3S.C2HF3O2/c18-12(19)3-7-17-6-2-10(9-16-17)13(20)15-4-1-11-14-5-8-21-11;3-2(4,5)1(6)7/h2,5-6,8-9H,1,3-4,7H2,(H-,15,18,19,20);(H,6,7). The number of carbonyl (C=O) groups excluding carboxylic acids is 2. The molecule has 13 heteroatoms. The van der Waals surface area contributed by atoms with Gasteiger partial charge in [-0.3, -0.25) is 9.59 Å². The highest BCUT2D eigenvalue weighted by atomic mass is 32.1. The molecule has 28 heavy (non-hydrogen) atoms. The molecular weight excluding hydrogens is 405 g/mol. The van der Waals surface area contributed by atoms with Crippen molar-refractivity contribution >= 4 is 29.2 Å². The summed E-state index contributed by atoms with van der Waals surface area (Å²) in [7, 11) is 0. The third-order valence-electron chi connectivity index (χ3n) is 2.93. The maximum absolute atomic E-state index is 11.9. The van der Waals surface area contributed by atoms with Crippen LogP contribution in [-0.2, 0) is 22.6 Å². The summed E-state index contributed by atoms with van der Waals surface area (Å²) in [5.41, 5.74) is 0.445. The second kappa shape index (κ2) is 10.9. The van der Waals surface area contributed by atoms with Gasteiger partial charge in [0.2, 0.25) is 0 Å². The van der Waals surface area contributed by atoms with Crippen molar-refractivity contribution in [1.29, 1.82) is 0 Å². The van der Waals surface area contributed by atoms with Crippen LogP contribution in [0.25, 0.3) is 0 Å². The summed E-state index contributed by atoms with van der Waals surface area (Å²) in [5.74, 6) is -4.09. The number of aliphatic carboxylic acids is 2. The Morgan fingerprint density at radius 3 is 2.46 bits per heavy atom. The Bertz CT molecular complexity index is 782. The van der Waals surface area contributed by atoms with Crippen molar-refractivity contribution in [3.05, 3.63) is 40.6 Å². The Morgan fingerprint density at radius 2 is 2.00 bits per heavy atom. The minimum atomic E-state index is -5.19. The fraction of sp³-hybridized carbons (Fsp3) is 0.333. The number of nitrogens with one attached hydrogen (secondary N) is 1. The van der Waals surface area contributed by atoms with Crippen LogP contribution in [0.3, 0.4) is 0 Å². The van der Waals surface area contributed by atoms with E-state index in [2.05, 4.69) is 15.4 Å². The smallest absolute Gasteiger partial charge is 0.430 e. The second-order valence-electron chi connectivity index (χ2n) is 5.04. The van der Waals surface area contributed by atoms with Gasteiger partial charge in [0, 0.05) is 30.6 Å². The van der Waals surface area contributed by atoms with Gasteiger partial charge in [-0.2, -0.15) is 13.2 Å². The molecule has 152 valence electrons. The lowest BCUT2D eigenvalue weighted by Crippen LogP contribution is -2.39. The van der Waals surface area contributed by atoms with Crippen LogP contribution in [0, 0.1) is 0 Å². The van der Waals surface area contributed by atoms with Crippen LogP contribution in [0.15, 0.2) is 30.0 Å². The summed E-state index contributed by atoms with van der Waals surface area (Å²) >= 11 is 1.55. The average Bonchev–Trinajstić information content (AvgIpc) is 3.13. The largest absolute Gasteiger partial charge is 0.542 e. The monoisotopic (exact) mass is 420 g/mol. The zero-order valence-electron chi connectivity index (χ0n) is 14.2. The van der Waals surface area contributed by atoms with E-state index in [0.717, 1.165) is 5.01 Å². The van der Waals surface area contributed by atoms with Gasteiger partial charge in [-0.25, -0.2) is 4.98 Å². The highest BCUT2D eigenvalue weighted by Crippen LogP contribution is 2.11. The maximum atomic E-state index is 11.9. The van der Waals surface area contributed by atoms with Crippen LogP contribution in [0.5, 0.6) is 0 Å². The Hall–Kier alpha value is -3.09. The molecule has 0 aromatic carbocycles. The van der Waals surface area contributed by atoms with Crippen LogP contribution in [0.1, 0.15) is 21.8 Å². The lowest BCUT2D eigenvalue weighted by atomic mass is 10.3. The number of hydrogen-bond acceptors (Lipinski definition) is 7. The molecule has 0 aliphatic rings. The third-order valence-corrected chi connectivity index (χ3v) is 3.77. The topological polar surface area (TPSA) is 136 Å². The first-order chi connectivity index (χ1) is 13.1. The molecule has 0 radical (unpaired) electrons. The van der Waals surface area contributed by atoms with E-state index < -0.39 is 18.1 Å². The van der Waals surface area contributed by atoms with E-state index in [9.17, 15) is 22.8 Å². The zero-order chi connectivity index (χ0) is 21.2. The van der Waals surface area contributed by atoms with Crippen molar-refractivity contribution in [3.63, 3.8) is 0 Å². The van der Waals surface area contributed by atoms with Crippen LogP contribution in [-0.4, -0.2) is 45.8 Å². The van der Waals surface area contributed by atoms with Gasteiger partial charge in [-0.15, -0.1) is 11.3 Å². The van der Waals surface area contributed by atoms with Gasteiger partial charge in [0.15, 0.2) is 12.7 Å². The van der Waals surface area contributed by atoms with Gasteiger partial charge in [0.1, 0.15) is 18.6 Å². The van der Waals surface area contributed by atoms with E-state index >= 15 is 0 Å². The minimum absolute atomic E-state index is 0.00295. The van der Waals surface area contributed by atoms with Crippen molar-refractivity contribution < 1.29 is 42.4 Å². The summed E-state index contributed by atoms with van der Waals surface area (Å²) in [4.78, 5) is 35.3. The summed E-state index contributed by atoms with van der Waals surface area (Å²) in [6.45, 7) is 0.793. The molecule has 1 amide bonds. The van der Waals surface area contributed by atoms with Crippen LogP contribution < -0.4 is 15.1 Å². The summed E-state index contributed by atoms with van der Waals surface area (Å²) in [5, 5.41) is 27.0. The quantitative estimate of drug-likeness (QED) is 0.580. The minimum Gasteiger partial charge on any atom is -0.542 e. The normalized spacial score (nSPS) is 10.5. The number of carboxylic acid groups (broad SMARTS) is 2. The third kappa shape index (κ3) is 9.02. The van der Waals surface area contributed by atoms with Crippen molar-refractivity contribution in [1.82, 2.24) is 15.4 Å². The Balaban J connectivity index is 0.000000480. The van der Waals surface area contributed by atoms with Gasteiger partial charge in [-0.1, -0.05) is 4.68 Å². The number of aromatic nitrogens is 3. The van der Waals surface area contributed by atoms with Crippen LogP contribution in [0.2, 0.25) is 0 Å². The fourth-order valence-electron chi connectivity index (χ4n) is 1.62. The van der Waals surface area contributed by atoms with Crippen molar-refractivity contribution in [2.24, 2.45) is 0 Å². The number of carboxylic acids is 2. The number of amides is 1. The first kappa shape index (κ1) is 23.0. The highest BCUT2D eigenvalue weighted by Gasteiger charge is 2.28. The zero-order valence-corrected chi connectivity index (χ0v) is 15.0. The number of carbonyl (C=O) groups is 3. The molecule has 0 saturated carbocycles. The van der Waals surface area contributed by atoms with Gasteiger partial charge in [0.05, 0.1) is 10.6 Å². The predicted molar refractivity (Wildman–Crippen MR) is 85.9 cm³/mol. The van der Waals surface area contributed by atoms with Gasteiger partial charge < -0.3 is 20.3 Å². The predicted octanol–water partition coefficient (Wildman–Crippen LogP) is -0.429. The fourth-order valence-corrected chi connectivity index (χ4v) is 2.24. The Labute approximate surface area is 160 Å². The molecule has 0 unspecified atom stereocenters. The number of nitrogens with zero attached hydrogens (tertiary/aromatic N) is 3. The molecular formula is C15H15F3N4O5S. The number of halogens is 3. The van der Waals surface area contributed by atoms with E-state index in [4.69, 9.17) is 15.0 Å². The maximum Gasteiger partial charge on any atom is 0.430 e. The molecule has 0 fully saturated rings. The molecule has 2 heterocycles. The first-order valence-corrected chi connectivity index (χ1v) is 8.50. The van der Waals surface area contributed by atoms with E-state index in [1.165, 1.54) is 10.9 Å². The van der Waals surface area contributed by atoms with Gasteiger partial charge in [0.25, 0.3) is 5.91 Å². The highest BCUT2D eigenvalue weighted by molar-refractivity contribution is 7.09. The summed E-state index contributed by atoms with van der Waals surface area (Å²) in [6, 6.07) is 1.62. The molecule has 0 aliphatic carbocycles. The molecule has 9 nitrogen and oxygen atoms in total. The van der Waals surface area contributed by atoms with Gasteiger partial charge >= 0.3 is 12.1 Å². The van der Waals surface area contributed by atoms with E-state index in [0.29, 0.717) is 18.5 Å². The SMILES string of the molecule is O=C(O)CC[n+]1ccc(C(=O)NCCc2nccs2)cn1.O=C([O-])C(F)(F)F. The Kier molecular flexibility index (Phi) is 8.95.